The van der Waals surface area contributed by atoms with Gasteiger partial charge < -0.3 is 98.6 Å². The maximum Gasteiger partial charge on any atom is 0.187 e. The smallest absolute Gasteiger partial charge is 0.187 e. The van der Waals surface area contributed by atoms with Crippen molar-refractivity contribution in [2.75, 3.05) is 19.7 Å². The molecule has 0 radical (unpaired) electrons. The number of aliphatic hydroxyl groups is 7. The van der Waals surface area contributed by atoms with Crippen molar-refractivity contribution in [3.05, 3.63) is 0 Å². The maximum absolute atomic E-state index is 11.1. The van der Waals surface area contributed by atoms with Crippen LogP contribution in [0.25, 0.3) is 0 Å². The molecule has 4 aliphatic rings. The molecule has 4 rings (SSSR count). The highest BCUT2D eigenvalue weighted by Crippen LogP contribution is 2.34. The lowest BCUT2D eigenvalue weighted by atomic mass is 9.84. The van der Waals surface area contributed by atoms with Crippen molar-refractivity contribution >= 4 is 0 Å². The summed E-state index contributed by atoms with van der Waals surface area (Å²) in [6, 6.07) is -4.18. The van der Waals surface area contributed by atoms with Crippen LogP contribution in [0.1, 0.15) is 13.8 Å². The number of ether oxygens (including phenoxy) is 6. The first-order valence-electron chi connectivity index (χ1n) is 13.9. The van der Waals surface area contributed by atoms with E-state index in [1.807, 2.05) is 0 Å². The third kappa shape index (κ3) is 7.30. The molecule has 3 aliphatic heterocycles. The third-order valence-electron chi connectivity index (χ3n) is 8.37. The van der Waals surface area contributed by atoms with Crippen LogP contribution in [0.2, 0.25) is 0 Å². The van der Waals surface area contributed by atoms with Gasteiger partial charge in [-0.2, -0.15) is 0 Å². The molecule has 0 amide bonds. The van der Waals surface area contributed by atoms with E-state index in [0.717, 1.165) is 0 Å². The molecule has 3 saturated heterocycles. The summed E-state index contributed by atoms with van der Waals surface area (Å²) >= 11 is 0. The Kier molecular flexibility index (Phi) is 13.0. The molecule has 0 aromatic rings. The summed E-state index contributed by atoms with van der Waals surface area (Å²) in [7, 11) is 0. The zero-order valence-corrected chi connectivity index (χ0v) is 22.8. The number of hydrogen-bond donors (Lipinski definition) is 13. The molecule has 19 atom stereocenters. The van der Waals surface area contributed by atoms with Crippen LogP contribution < -0.4 is 34.4 Å². The lowest BCUT2D eigenvalue weighted by Gasteiger charge is -2.47. The zero-order chi connectivity index (χ0) is 31.0. The van der Waals surface area contributed by atoms with Gasteiger partial charge in [0.05, 0.1) is 24.8 Å². The monoisotopic (exact) mass is 630 g/mol. The van der Waals surface area contributed by atoms with E-state index in [-0.39, 0.29) is 26.9 Å². The van der Waals surface area contributed by atoms with Crippen LogP contribution in [0, 0.1) is 0 Å². The average Bonchev–Trinajstić information content (AvgIpc) is 3.27. The second-order valence-electron chi connectivity index (χ2n) is 11.2. The van der Waals surface area contributed by atoms with Gasteiger partial charge in [-0.3, -0.25) is 0 Å². The van der Waals surface area contributed by atoms with Gasteiger partial charge in [0.25, 0.3) is 0 Å². The first-order chi connectivity index (χ1) is 19.8. The maximum atomic E-state index is 11.1. The van der Waals surface area contributed by atoms with E-state index in [0.29, 0.717) is 0 Å². The first kappa shape index (κ1) is 36.7. The Morgan fingerprint density at radius 3 is 1.44 bits per heavy atom. The van der Waals surface area contributed by atoms with Gasteiger partial charge in [-0.15, -0.1) is 0 Å². The van der Waals surface area contributed by atoms with Gasteiger partial charge in [-0.25, -0.2) is 0 Å². The summed E-state index contributed by atoms with van der Waals surface area (Å²) in [4.78, 5) is 0. The van der Waals surface area contributed by atoms with Crippen molar-refractivity contribution in [2.24, 2.45) is 34.4 Å². The van der Waals surface area contributed by atoms with Crippen molar-refractivity contribution in [3.8, 4) is 0 Å². The van der Waals surface area contributed by atoms with Crippen LogP contribution in [0.4, 0.5) is 0 Å². The van der Waals surface area contributed by atoms with E-state index >= 15 is 0 Å². The van der Waals surface area contributed by atoms with Crippen molar-refractivity contribution in [2.45, 2.75) is 130 Å². The topological polar surface area (TPSA) is 353 Å². The molecule has 19 nitrogen and oxygen atoms in total. The van der Waals surface area contributed by atoms with Gasteiger partial charge in [0.1, 0.15) is 67.1 Å². The number of hydrogen-bond acceptors (Lipinski definition) is 19. The fraction of sp³-hybridized carbons (Fsp3) is 1.00. The quantitative estimate of drug-likeness (QED) is 0.112. The van der Waals surface area contributed by atoms with Gasteiger partial charge in [0, 0.05) is 25.2 Å². The Morgan fingerprint density at radius 2 is 0.977 bits per heavy atom. The van der Waals surface area contributed by atoms with Crippen molar-refractivity contribution < 1.29 is 64.2 Å². The molecular weight excluding hydrogens is 580 g/mol. The molecule has 1 saturated carbocycles. The highest BCUT2D eigenvalue weighted by atomic mass is 16.8. The largest absolute Gasteiger partial charge is 0.394 e. The predicted octanol–water partition coefficient (Wildman–Crippen LogP) is -8.26. The fourth-order valence-corrected chi connectivity index (χ4v) is 5.74. The van der Waals surface area contributed by atoms with Crippen LogP contribution in [0.3, 0.4) is 0 Å². The van der Waals surface area contributed by atoms with Gasteiger partial charge in [0.15, 0.2) is 18.9 Å². The summed E-state index contributed by atoms with van der Waals surface area (Å²) in [6.45, 7) is -0.967. The first-order valence-corrected chi connectivity index (χ1v) is 13.9. The minimum atomic E-state index is -1.60. The number of rotatable bonds is 9. The summed E-state index contributed by atoms with van der Waals surface area (Å²) in [6.07, 6.45) is -19.8. The molecule has 3 heterocycles. The van der Waals surface area contributed by atoms with Gasteiger partial charge in [-0.1, -0.05) is 7.43 Å². The normalized spacial score (nSPS) is 52.5. The van der Waals surface area contributed by atoms with Crippen molar-refractivity contribution in [1.82, 2.24) is 0 Å². The standard InChI is InChI=1S/C23H46N6O13.CH4/c24-2-7-13(32)15(34)10(28)21(37-7)40-18-6(27)1-5(26)12(31)20(18)42-23-17(36)19(9(4-30)39-23)41-22-11(29)16(35)14(33)8(3-25)38-22;/h5-23,30-36H,1-4,24-29H2;1H4/t5-,6+,7-,8+,9-,10-,11-,12+,13-,14-,15-,16-,17-,18-,19-,20-,21-,22-,23+;/m1./s1. The number of nitrogens with two attached hydrogens (primary N) is 6. The Bertz CT molecular complexity index is 869. The summed E-state index contributed by atoms with van der Waals surface area (Å²) in [5.74, 6) is 0. The summed E-state index contributed by atoms with van der Waals surface area (Å²) in [5, 5.41) is 73.0. The molecular formula is C24H50N6O13. The Balaban J connectivity index is 0.00000506. The minimum absolute atomic E-state index is 0. The van der Waals surface area contributed by atoms with Crippen LogP contribution >= 0.6 is 0 Å². The molecule has 0 aromatic carbocycles. The van der Waals surface area contributed by atoms with E-state index in [4.69, 9.17) is 62.8 Å². The second-order valence-corrected chi connectivity index (χ2v) is 11.2. The highest BCUT2D eigenvalue weighted by Gasteiger charge is 2.54. The molecule has 0 spiro atoms. The lowest BCUT2D eigenvalue weighted by Crippen LogP contribution is -2.68. The van der Waals surface area contributed by atoms with Crippen LogP contribution in [0.5, 0.6) is 0 Å². The molecule has 19 N–H and O–H groups in total. The van der Waals surface area contributed by atoms with Crippen LogP contribution in [0.15, 0.2) is 0 Å². The van der Waals surface area contributed by atoms with E-state index in [1.54, 1.807) is 0 Å². The van der Waals surface area contributed by atoms with Gasteiger partial charge >= 0.3 is 0 Å². The fourth-order valence-electron chi connectivity index (χ4n) is 5.74. The number of aliphatic hydroxyl groups excluding tert-OH is 7. The van der Waals surface area contributed by atoms with E-state index in [2.05, 4.69) is 0 Å². The summed E-state index contributed by atoms with van der Waals surface area (Å²) < 4.78 is 34.6. The lowest BCUT2D eigenvalue weighted by molar-refractivity contribution is -0.306. The molecule has 4 fully saturated rings. The molecule has 0 aromatic heterocycles. The zero-order valence-electron chi connectivity index (χ0n) is 22.8. The SMILES string of the molecule is C.NC[C@@H]1O[C@H](O[C@H]2[C@@H](O)[C@H](O[C@@H]3[C@@H](O)[C@H](N)C[C@H](N)[C@H]3O[C@H]3O[C@H](CN)[C@@H](O)[C@H](O)[C@H]3N)O[C@@H]2CO)[C@H](N)[C@@H](O)[C@@H]1O. The molecule has 254 valence electrons. The molecule has 43 heavy (non-hydrogen) atoms. The van der Waals surface area contributed by atoms with Crippen molar-refractivity contribution in [3.63, 3.8) is 0 Å². The van der Waals surface area contributed by atoms with Gasteiger partial charge in [-0.05, 0) is 6.42 Å². The molecule has 1 aliphatic carbocycles. The summed E-state index contributed by atoms with van der Waals surface area (Å²) in [5.41, 5.74) is 35.6. The Morgan fingerprint density at radius 1 is 0.535 bits per heavy atom. The van der Waals surface area contributed by atoms with E-state index in [1.165, 1.54) is 0 Å². The Labute approximate surface area is 248 Å². The molecule has 0 bridgehead atoms. The third-order valence-corrected chi connectivity index (χ3v) is 8.37. The Hall–Kier alpha value is -0.760. The molecule has 0 unspecified atom stereocenters. The molecule has 19 heteroatoms. The predicted molar refractivity (Wildman–Crippen MR) is 145 cm³/mol. The van der Waals surface area contributed by atoms with Crippen LogP contribution in [-0.4, -0.2) is 172 Å². The van der Waals surface area contributed by atoms with Crippen molar-refractivity contribution in [1.29, 1.82) is 0 Å². The van der Waals surface area contributed by atoms with Crippen LogP contribution in [-0.2, 0) is 28.4 Å². The van der Waals surface area contributed by atoms with Gasteiger partial charge in [0.2, 0.25) is 0 Å². The highest BCUT2D eigenvalue weighted by molar-refractivity contribution is 5.02. The van der Waals surface area contributed by atoms with E-state index < -0.39 is 123 Å². The minimum Gasteiger partial charge on any atom is -0.394 e. The second kappa shape index (κ2) is 15.2. The van der Waals surface area contributed by atoms with E-state index in [9.17, 15) is 35.7 Å². The average molecular weight is 631 g/mol.